The summed E-state index contributed by atoms with van der Waals surface area (Å²) < 4.78 is 5.43. The van der Waals surface area contributed by atoms with Crippen molar-refractivity contribution in [2.45, 2.75) is 18.6 Å². The van der Waals surface area contributed by atoms with E-state index in [9.17, 15) is 4.79 Å². The number of carbonyl (C=O) groups excluding carboxylic acids is 1. The number of hydrogen-bond donors (Lipinski definition) is 2. The number of anilines is 2. The molecule has 0 aromatic carbocycles. The first kappa shape index (κ1) is 15.3. The number of carbonyl (C=O) groups is 1. The molecule has 0 radical (unpaired) electrons. The van der Waals surface area contributed by atoms with Crippen LogP contribution >= 0.6 is 23.1 Å². The fourth-order valence-electron chi connectivity index (χ4n) is 2.25. The average Bonchev–Trinajstić information content (AvgIpc) is 2.83. The number of ether oxygens (including phenoxy) is 1. The van der Waals surface area contributed by atoms with Gasteiger partial charge in [-0.05, 0) is 6.42 Å². The molecule has 2 heterocycles. The lowest BCUT2D eigenvalue weighted by molar-refractivity contribution is 0.0967. The van der Waals surface area contributed by atoms with Gasteiger partial charge in [-0.1, -0.05) is 6.92 Å². The van der Waals surface area contributed by atoms with Crippen molar-refractivity contribution < 1.29 is 9.53 Å². The molecule has 2 rings (SSSR count). The Morgan fingerprint density at radius 3 is 2.95 bits per heavy atom. The summed E-state index contributed by atoms with van der Waals surface area (Å²) in [5, 5.41) is 4.22. The summed E-state index contributed by atoms with van der Waals surface area (Å²) in [6.45, 7) is 4.15. The fourth-order valence-corrected chi connectivity index (χ4v) is 4.61. The molecule has 20 heavy (non-hydrogen) atoms. The van der Waals surface area contributed by atoms with Crippen LogP contribution in [0.4, 0.5) is 10.7 Å². The van der Waals surface area contributed by atoms with Crippen molar-refractivity contribution in [2.24, 2.45) is 0 Å². The smallest absolute Gasteiger partial charge is 0.263 e. The van der Waals surface area contributed by atoms with Crippen LogP contribution in [0.2, 0.25) is 0 Å². The van der Waals surface area contributed by atoms with Crippen LogP contribution in [-0.2, 0) is 0 Å². The van der Waals surface area contributed by atoms with Crippen molar-refractivity contribution >= 4 is 39.7 Å². The van der Waals surface area contributed by atoms with E-state index in [1.54, 1.807) is 14.2 Å². The lowest BCUT2D eigenvalue weighted by atomic mass is 10.3. The molecule has 1 aliphatic rings. The predicted molar refractivity (Wildman–Crippen MR) is 87.4 cm³/mol. The summed E-state index contributed by atoms with van der Waals surface area (Å²) in [7, 11) is 3.21. The number of thiophene rings is 1. The van der Waals surface area contributed by atoms with Gasteiger partial charge in [-0.3, -0.25) is 4.79 Å². The Labute approximate surface area is 127 Å². The SMILES string of the molecule is CCC1CN(c2sc(C(=O)NC)c(N)c2OC)CCS1. The van der Waals surface area contributed by atoms with Crippen molar-refractivity contribution in [2.75, 3.05) is 43.6 Å². The minimum atomic E-state index is -0.157. The molecular weight excluding hydrogens is 294 g/mol. The topological polar surface area (TPSA) is 67.6 Å². The third-order valence-electron chi connectivity index (χ3n) is 3.40. The molecule has 0 bridgehead atoms. The zero-order valence-electron chi connectivity index (χ0n) is 12.1. The molecule has 1 atom stereocenters. The van der Waals surface area contributed by atoms with E-state index in [0.717, 1.165) is 30.3 Å². The van der Waals surface area contributed by atoms with Gasteiger partial charge < -0.3 is 20.7 Å². The number of hydrogen-bond acceptors (Lipinski definition) is 6. The molecule has 1 unspecified atom stereocenters. The maximum atomic E-state index is 11.9. The van der Waals surface area contributed by atoms with Crippen molar-refractivity contribution in [3.05, 3.63) is 4.88 Å². The maximum Gasteiger partial charge on any atom is 0.263 e. The van der Waals surface area contributed by atoms with Gasteiger partial charge in [0.1, 0.15) is 15.6 Å². The Balaban J connectivity index is 2.33. The van der Waals surface area contributed by atoms with Gasteiger partial charge in [-0.15, -0.1) is 11.3 Å². The molecule has 1 saturated heterocycles. The zero-order chi connectivity index (χ0) is 14.7. The molecule has 3 N–H and O–H groups in total. The van der Waals surface area contributed by atoms with E-state index in [1.165, 1.54) is 11.3 Å². The molecule has 5 nitrogen and oxygen atoms in total. The van der Waals surface area contributed by atoms with Gasteiger partial charge in [0.05, 0.1) is 7.11 Å². The van der Waals surface area contributed by atoms with Crippen LogP contribution < -0.4 is 20.7 Å². The van der Waals surface area contributed by atoms with Crippen molar-refractivity contribution in [3.63, 3.8) is 0 Å². The highest BCUT2D eigenvalue weighted by Gasteiger charge is 2.28. The molecule has 0 saturated carbocycles. The van der Waals surface area contributed by atoms with Crippen LogP contribution in [-0.4, -0.2) is 44.2 Å². The molecule has 112 valence electrons. The van der Waals surface area contributed by atoms with Crippen molar-refractivity contribution in [3.8, 4) is 5.75 Å². The van der Waals surface area contributed by atoms with Gasteiger partial charge in [0.15, 0.2) is 5.75 Å². The summed E-state index contributed by atoms with van der Waals surface area (Å²) in [5.74, 6) is 1.57. The predicted octanol–water partition coefficient (Wildman–Crippen LogP) is 2.03. The third kappa shape index (κ3) is 2.83. The highest BCUT2D eigenvalue weighted by Crippen LogP contribution is 2.45. The van der Waals surface area contributed by atoms with Crippen LogP contribution in [0.1, 0.15) is 23.0 Å². The van der Waals surface area contributed by atoms with Gasteiger partial charge in [0, 0.05) is 31.1 Å². The number of amides is 1. The number of methoxy groups -OCH3 is 1. The molecule has 1 fully saturated rings. The summed E-state index contributed by atoms with van der Waals surface area (Å²) in [5.41, 5.74) is 6.50. The van der Waals surface area contributed by atoms with Crippen molar-refractivity contribution in [1.29, 1.82) is 0 Å². The highest BCUT2D eigenvalue weighted by molar-refractivity contribution is 8.00. The van der Waals surface area contributed by atoms with E-state index in [0.29, 0.717) is 21.6 Å². The van der Waals surface area contributed by atoms with Crippen LogP contribution in [0.25, 0.3) is 0 Å². The Kier molecular flexibility index (Phi) is 5.04. The largest absolute Gasteiger partial charge is 0.492 e. The standard InChI is InChI=1S/C13H21N3O2S2/c1-4-8-7-16(5-6-19-8)13-10(18-3)9(14)11(20-13)12(17)15-2/h8H,4-7,14H2,1-3H3,(H,15,17). The summed E-state index contributed by atoms with van der Waals surface area (Å²) in [4.78, 5) is 14.7. The van der Waals surface area contributed by atoms with Gasteiger partial charge >= 0.3 is 0 Å². The molecule has 0 spiro atoms. The van der Waals surface area contributed by atoms with E-state index in [2.05, 4.69) is 17.1 Å². The minimum absolute atomic E-state index is 0.157. The zero-order valence-corrected chi connectivity index (χ0v) is 13.7. The first-order chi connectivity index (χ1) is 9.62. The van der Waals surface area contributed by atoms with Gasteiger partial charge in [0.2, 0.25) is 0 Å². The molecule has 1 aromatic heterocycles. The fraction of sp³-hybridized carbons (Fsp3) is 0.615. The monoisotopic (exact) mass is 315 g/mol. The summed E-state index contributed by atoms with van der Waals surface area (Å²) in [6.07, 6.45) is 1.15. The van der Waals surface area contributed by atoms with Gasteiger partial charge in [0.25, 0.3) is 5.91 Å². The molecule has 1 amide bonds. The van der Waals surface area contributed by atoms with Crippen LogP contribution in [0.5, 0.6) is 5.75 Å². The lowest BCUT2D eigenvalue weighted by Gasteiger charge is -2.32. The highest BCUT2D eigenvalue weighted by atomic mass is 32.2. The Hall–Kier alpha value is -1.08. The number of rotatable bonds is 4. The van der Waals surface area contributed by atoms with Gasteiger partial charge in [-0.25, -0.2) is 0 Å². The van der Waals surface area contributed by atoms with Gasteiger partial charge in [-0.2, -0.15) is 11.8 Å². The summed E-state index contributed by atoms with van der Waals surface area (Å²) in [6, 6.07) is 0. The van der Waals surface area contributed by atoms with E-state index >= 15 is 0 Å². The minimum Gasteiger partial charge on any atom is -0.492 e. The Morgan fingerprint density at radius 1 is 1.60 bits per heavy atom. The normalized spacial score (nSPS) is 18.9. The number of thioether (sulfide) groups is 1. The average molecular weight is 315 g/mol. The number of nitrogens with zero attached hydrogens (tertiary/aromatic N) is 1. The first-order valence-corrected chi connectivity index (χ1v) is 8.53. The second kappa shape index (κ2) is 6.58. The Bertz CT molecular complexity index is 490. The van der Waals surface area contributed by atoms with E-state index in [-0.39, 0.29) is 5.91 Å². The Morgan fingerprint density at radius 2 is 2.35 bits per heavy atom. The number of nitrogens with one attached hydrogen (secondary N) is 1. The lowest BCUT2D eigenvalue weighted by Crippen LogP contribution is -2.37. The van der Waals surface area contributed by atoms with Crippen molar-refractivity contribution in [1.82, 2.24) is 5.32 Å². The van der Waals surface area contributed by atoms with E-state index in [4.69, 9.17) is 10.5 Å². The van der Waals surface area contributed by atoms with E-state index in [1.807, 2.05) is 11.8 Å². The number of nitrogens with two attached hydrogens (primary N) is 1. The van der Waals surface area contributed by atoms with Crippen LogP contribution in [0.3, 0.4) is 0 Å². The molecule has 1 aliphatic heterocycles. The van der Waals surface area contributed by atoms with Crippen LogP contribution in [0.15, 0.2) is 0 Å². The second-order valence-electron chi connectivity index (χ2n) is 4.61. The summed E-state index contributed by atoms with van der Waals surface area (Å²) >= 11 is 3.43. The number of nitrogen functional groups attached to an aromatic ring is 1. The first-order valence-electron chi connectivity index (χ1n) is 6.67. The quantitative estimate of drug-likeness (QED) is 0.890. The second-order valence-corrected chi connectivity index (χ2v) is 7.02. The van der Waals surface area contributed by atoms with E-state index < -0.39 is 0 Å². The maximum absolute atomic E-state index is 11.9. The molecule has 1 aromatic rings. The molecular formula is C13H21N3O2S2. The molecule has 7 heteroatoms. The third-order valence-corrected chi connectivity index (χ3v) is 6.02. The van der Waals surface area contributed by atoms with Crippen LogP contribution in [0, 0.1) is 0 Å². The molecule has 0 aliphatic carbocycles.